The van der Waals surface area contributed by atoms with Crippen molar-refractivity contribution in [2.24, 2.45) is 0 Å². The van der Waals surface area contributed by atoms with Crippen LogP contribution in [-0.4, -0.2) is 0 Å². The molecule has 0 fully saturated rings. The van der Waals surface area contributed by atoms with E-state index in [0.29, 0.717) is 0 Å². The van der Waals surface area contributed by atoms with E-state index in [1.807, 2.05) is 0 Å². The molecule has 0 aromatic heterocycles. The molecule has 10 aromatic rings. The first kappa shape index (κ1) is 28.5. The van der Waals surface area contributed by atoms with Crippen molar-refractivity contribution in [3.8, 4) is 44.5 Å². The Hall–Kier alpha value is -6.50. The number of hydrogen-bond acceptors (Lipinski definition) is 0. The highest BCUT2D eigenvalue weighted by atomic mass is 14.2. The Morgan fingerprint density at radius 3 is 1.34 bits per heavy atom. The number of rotatable bonds is 4. The molecule has 0 saturated heterocycles. The van der Waals surface area contributed by atoms with Crippen molar-refractivity contribution < 1.29 is 0 Å². The monoisotopic (exact) mass is 632 g/mol. The van der Waals surface area contributed by atoms with Crippen LogP contribution in [0.4, 0.5) is 0 Å². The van der Waals surface area contributed by atoms with Gasteiger partial charge in [0.05, 0.1) is 0 Å². The van der Waals surface area contributed by atoms with Crippen LogP contribution in [0.5, 0.6) is 0 Å². The molecule has 0 aliphatic heterocycles. The summed E-state index contributed by atoms with van der Waals surface area (Å²) in [6.07, 6.45) is 0. The van der Waals surface area contributed by atoms with Crippen molar-refractivity contribution in [2.75, 3.05) is 0 Å². The van der Waals surface area contributed by atoms with Crippen LogP contribution in [0, 0.1) is 0 Å². The molecule has 10 aromatic carbocycles. The first-order valence-corrected chi connectivity index (χ1v) is 17.3. The molecular weight excluding hydrogens is 601 g/mol. The Kier molecular flexibility index (Phi) is 6.60. The molecule has 0 N–H and O–H groups in total. The summed E-state index contributed by atoms with van der Waals surface area (Å²) in [7, 11) is 0. The van der Waals surface area contributed by atoms with E-state index in [2.05, 4.69) is 194 Å². The van der Waals surface area contributed by atoms with Gasteiger partial charge in [0.1, 0.15) is 0 Å². The maximum atomic E-state index is 2.42. The SMILES string of the molecule is c1ccc2cc(-c3c4ccccc4c(-c4cc(-c5ccc(-c6cccc7ccccc67)cc5)cc5ccccc45)c4ccccc34)ccc2c1. The Morgan fingerprint density at radius 2 is 0.660 bits per heavy atom. The summed E-state index contributed by atoms with van der Waals surface area (Å²) in [6.45, 7) is 0. The van der Waals surface area contributed by atoms with Gasteiger partial charge in [-0.25, -0.2) is 0 Å². The lowest BCUT2D eigenvalue weighted by Gasteiger charge is -2.20. The third kappa shape index (κ3) is 4.61. The standard InChI is InChI=1S/C50H32/c1-2-14-37-30-39(29-26-33(37)12-1)49-44-19-7-9-21-46(44)50(47-22-10-8-20-45(47)49)48-32-40(31-38-15-4-6-18-43(38)48)34-24-27-36(28-25-34)42-23-11-16-35-13-3-5-17-41(35)42/h1-32H. The maximum Gasteiger partial charge on any atom is -0.00199 e. The summed E-state index contributed by atoms with van der Waals surface area (Å²) >= 11 is 0. The van der Waals surface area contributed by atoms with E-state index < -0.39 is 0 Å². The van der Waals surface area contributed by atoms with Crippen LogP contribution >= 0.6 is 0 Å². The topological polar surface area (TPSA) is 0 Å². The Balaban J connectivity index is 1.20. The average Bonchev–Trinajstić information content (AvgIpc) is 3.19. The Bertz CT molecular complexity index is 2850. The fraction of sp³-hybridized carbons (Fsp3) is 0. The molecule has 0 heterocycles. The minimum absolute atomic E-state index is 1.21. The van der Waals surface area contributed by atoms with E-state index in [9.17, 15) is 0 Å². The van der Waals surface area contributed by atoms with E-state index in [4.69, 9.17) is 0 Å². The summed E-state index contributed by atoms with van der Waals surface area (Å²) in [5.74, 6) is 0. The second-order valence-corrected chi connectivity index (χ2v) is 13.3. The van der Waals surface area contributed by atoms with Gasteiger partial charge in [-0.15, -0.1) is 0 Å². The molecule has 0 heteroatoms. The Labute approximate surface area is 291 Å². The summed E-state index contributed by atoms with van der Waals surface area (Å²) in [6, 6.07) is 71.4. The zero-order chi connectivity index (χ0) is 33.0. The predicted molar refractivity (Wildman–Crippen MR) is 216 cm³/mol. The second kappa shape index (κ2) is 11.6. The molecule has 0 bridgehead atoms. The molecule has 0 unspecified atom stereocenters. The zero-order valence-corrected chi connectivity index (χ0v) is 27.5. The molecular formula is C50H32. The quantitative estimate of drug-likeness (QED) is 0.169. The molecule has 0 nitrogen and oxygen atoms in total. The van der Waals surface area contributed by atoms with Crippen LogP contribution in [-0.2, 0) is 0 Å². The van der Waals surface area contributed by atoms with Gasteiger partial charge in [-0.2, -0.15) is 0 Å². The third-order valence-electron chi connectivity index (χ3n) is 10.4. The molecule has 0 amide bonds. The highest BCUT2D eigenvalue weighted by Crippen LogP contribution is 2.46. The smallest absolute Gasteiger partial charge is 0.00199 e. The zero-order valence-electron chi connectivity index (χ0n) is 27.5. The molecule has 0 saturated carbocycles. The molecule has 10 rings (SSSR count). The highest BCUT2D eigenvalue weighted by molar-refractivity contribution is 6.24. The number of benzene rings is 10. The molecule has 0 atom stereocenters. The lowest BCUT2D eigenvalue weighted by atomic mass is 9.83. The van der Waals surface area contributed by atoms with Crippen LogP contribution in [0.3, 0.4) is 0 Å². The van der Waals surface area contributed by atoms with Gasteiger partial charge < -0.3 is 0 Å². The maximum absolute atomic E-state index is 2.42. The second-order valence-electron chi connectivity index (χ2n) is 13.3. The van der Waals surface area contributed by atoms with Gasteiger partial charge in [0, 0.05) is 0 Å². The van der Waals surface area contributed by atoms with Crippen LogP contribution < -0.4 is 0 Å². The summed E-state index contributed by atoms with van der Waals surface area (Å²) < 4.78 is 0. The van der Waals surface area contributed by atoms with E-state index in [-0.39, 0.29) is 0 Å². The van der Waals surface area contributed by atoms with Crippen molar-refractivity contribution in [2.45, 2.75) is 0 Å². The first-order valence-electron chi connectivity index (χ1n) is 17.3. The molecule has 0 radical (unpaired) electrons. The van der Waals surface area contributed by atoms with Gasteiger partial charge in [0.15, 0.2) is 0 Å². The summed E-state index contributed by atoms with van der Waals surface area (Å²) in [5.41, 5.74) is 9.99. The van der Waals surface area contributed by atoms with Crippen molar-refractivity contribution in [3.05, 3.63) is 194 Å². The molecule has 0 aliphatic carbocycles. The van der Waals surface area contributed by atoms with Crippen LogP contribution in [0.2, 0.25) is 0 Å². The Morgan fingerprint density at radius 1 is 0.200 bits per heavy atom. The van der Waals surface area contributed by atoms with Gasteiger partial charge >= 0.3 is 0 Å². The van der Waals surface area contributed by atoms with E-state index in [1.54, 1.807) is 0 Å². The molecule has 0 spiro atoms. The molecule has 0 aliphatic rings. The third-order valence-corrected chi connectivity index (χ3v) is 10.4. The number of fused-ring (bicyclic) bond motifs is 5. The summed E-state index contributed by atoms with van der Waals surface area (Å²) in [4.78, 5) is 0. The van der Waals surface area contributed by atoms with E-state index >= 15 is 0 Å². The summed E-state index contributed by atoms with van der Waals surface area (Å²) in [5, 5.41) is 12.6. The lowest BCUT2D eigenvalue weighted by molar-refractivity contribution is 1.61. The van der Waals surface area contributed by atoms with Crippen molar-refractivity contribution >= 4 is 53.9 Å². The number of hydrogen-bond donors (Lipinski definition) is 0. The van der Waals surface area contributed by atoms with Gasteiger partial charge in [-0.3, -0.25) is 0 Å². The van der Waals surface area contributed by atoms with Gasteiger partial charge in [0.2, 0.25) is 0 Å². The molecule has 50 heavy (non-hydrogen) atoms. The fourth-order valence-electron chi connectivity index (χ4n) is 8.08. The average molecular weight is 633 g/mol. The van der Waals surface area contributed by atoms with Gasteiger partial charge in [-0.05, 0) is 117 Å². The largest absolute Gasteiger partial charge is 0.0616 e. The highest BCUT2D eigenvalue weighted by Gasteiger charge is 2.19. The normalized spacial score (nSPS) is 11.6. The van der Waals surface area contributed by atoms with E-state index in [1.165, 1.54) is 98.4 Å². The predicted octanol–water partition coefficient (Wildman–Crippen LogP) is 14.1. The molecule has 232 valence electrons. The van der Waals surface area contributed by atoms with Crippen LogP contribution in [0.25, 0.3) is 98.4 Å². The van der Waals surface area contributed by atoms with Gasteiger partial charge in [-0.1, -0.05) is 176 Å². The minimum Gasteiger partial charge on any atom is -0.0616 e. The van der Waals surface area contributed by atoms with Crippen LogP contribution in [0.15, 0.2) is 194 Å². The van der Waals surface area contributed by atoms with Crippen molar-refractivity contribution in [3.63, 3.8) is 0 Å². The first-order chi connectivity index (χ1) is 24.8. The van der Waals surface area contributed by atoms with Gasteiger partial charge in [0.25, 0.3) is 0 Å². The fourth-order valence-corrected chi connectivity index (χ4v) is 8.08. The van der Waals surface area contributed by atoms with Crippen LogP contribution in [0.1, 0.15) is 0 Å². The lowest BCUT2D eigenvalue weighted by Crippen LogP contribution is -1.92. The minimum atomic E-state index is 1.21. The van der Waals surface area contributed by atoms with Crippen molar-refractivity contribution in [1.82, 2.24) is 0 Å². The van der Waals surface area contributed by atoms with Crippen molar-refractivity contribution in [1.29, 1.82) is 0 Å². The van der Waals surface area contributed by atoms with E-state index in [0.717, 1.165) is 0 Å².